The van der Waals surface area contributed by atoms with Crippen LogP contribution in [0.3, 0.4) is 0 Å². The van der Waals surface area contributed by atoms with Gasteiger partial charge in [-0.25, -0.2) is 0 Å². The van der Waals surface area contributed by atoms with Crippen molar-refractivity contribution < 1.29 is 14.3 Å². The van der Waals surface area contributed by atoms with E-state index >= 15 is 0 Å². The van der Waals surface area contributed by atoms with Gasteiger partial charge in [0.2, 0.25) is 5.91 Å². The minimum absolute atomic E-state index is 0.0923. The lowest BCUT2D eigenvalue weighted by molar-refractivity contribution is -0.124. The third kappa shape index (κ3) is 2.88. The Labute approximate surface area is 119 Å². The van der Waals surface area contributed by atoms with Gasteiger partial charge in [-0.15, -0.1) is 0 Å². The Kier molecular flexibility index (Phi) is 4.49. The Morgan fingerprint density at radius 3 is 2.75 bits per heavy atom. The lowest BCUT2D eigenvalue weighted by atomic mass is 9.85. The van der Waals surface area contributed by atoms with E-state index in [1.165, 1.54) is 0 Å². The first-order chi connectivity index (χ1) is 9.58. The van der Waals surface area contributed by atoms with Crippen molar-refractivity contribution in [1.29, 1.82) is 0 Å². The van der Waals surface area contributed by atoms with Crippen LogP contribution in [0.25, 0.3) is 0 Å². The van der Waals surface area contributed by atoms with Crippen LogP contribution in [0.1, 0.15) is 25.7 Å². The minimum Gasteiger partial charge on any atom is -0.493 e. The molecule has 0 saturated heterocycles. The molecule has 4 N–H and O–H groups in total. The van der Waals surface area contributed by atoms with Crippen molar-refractivity contribution in [2.75, 3.05) is 13.7 Å². The molecule has 1 aliphatic carbocycles. The molecule has 1 aliphatic rings. The molecule has 2 unspecified atom stereocenters. The topological polar surface area (TPSA) is 87.6 Å². The van der Waals surface area contributed by atoms with Crippen LogP contribution in [-0.2, 0) is 4.79 Å². The fraction of sp³-hybridized carbons (Fsp3) is 0.533. The third-order valence-corrected chi connectivity index (χ3v) is 4.12. The van der Waals surface area contributed by atoms with Crippen LogP contribution in [0, 0.1) is 5.92 Å². The number of rotatable bonds is 6. The van der Waals surface area contributed by atoms with E-state index in [0.29, 0.717) is 24.5 Å². The number of ether oxygens (including phenoxy) is 2. The van der Waals surface area contributed by atoms with Gasteiger partial charge in [0.05, 0.1) is 19.3 Å². The van der Waals surface area contributed by atoms with Gasteiger partial charge >= 0.3 is 0 Å². The first kappa shape index (κ1) is 14.7. The maximum absolute atomic E-state index is 11.5. The van der Waals surface area contributed by atoms with Crippen LogP contribution in [0.15, 0.2) is 24.3 Å². The largest absolute Gasteiger partial charge is 0.493 e. The molecule has 1 fully saturated rings. The quantitative estimate of drug-likeness (QED) is 0.824. The van der Waals surface area contributed by atoms with Gasteiger partial charge in [-0.1, -0.05) is 18.6 Å². The van der Waals surface area contributed by atoms with Crippen molar-refractivity contribution in [3.05, 3.63) is 24.3 Å². The van der Waals surface area contributed by atoms with Gasteiger partial charge in [-0.2, -0.15) is 0 Å². The number of hydrogen-bond acceptors (Lipinski definition) is 4. The van der Waals surface area contributed by atoms with Gasteiger partial charge in [0, 0.05) is 0 Å². The number of para-hydroxylation sites is 2. The number of nitrogens with two attached hydrogens (primary N) is 2. The summed E-state index contributed by atoms with van der Waals surface area (Å²) in [5.41, 5.74) is 10.7. The number of carbonyl (C=O) groups is 1. The molecule has 0 spiro atoms. The second kappa shape index (κ2) is 6.13. The molecule has 20 heavy (non-hydrogen) atoms. The van der Waals surface area contributed by atoms with E-state index in [-0.39, 0.29) is 5.92 Å². The summed E-state index contributed by atoms with van der Waals surface area (Å²) < 4.78 is 11.0. The summed E-state index contributed by atoms with van der Waals surface area (Å²) >= 11 is 0. The third-order valence-electron chi connectivity index (χ3n) is 4.12. The van der Waals surface area contributed by atoms with E-state index in [9.17, 15) is 4.79 Å². The highest BCUT2D eigenvalue weighted by Gasteiger charge is 2.43. The molecule has 2 atom stereocenters. The summed E-state index contributed by atoms with van der Waals surface area (Å²) in [5.74, 6) is 1.09. The molecule has 1 amide bonds. The molecule has 5 heteroatoms. The van der Waals surface area contributed by atoms with E-state index in [0.717, 1.165) is 19.3 Å². The molecular weight excluding hydrogens is 256 g/mol. The Morgan fingerprint density at radius 1 is 1.40 bits per heavy atom. The van der Waals surface area contributed by atoms with Gasteiger partial charge in [-0.3, -0.25) is 4.79 Å². The Hall–Kier alpha value is -1.75. The summed E-state index contributed by atoms with van der Waals surface area (Å²) in [6.07, 6.45) is 3.26. The van der Waals surface area contributed by atoms with Gasteiger partial charge < -0.3 is 20.9 Å². The van der Waals surface area contributed by atoms with Gasteiger partial charge in [0.15, 0.2) is 11.5 Å². The fourth-order valence-electron chi connectivity index (χ4n) is 2.88. The number of methoxy groups -OCH3 is 1. The number of primary amides is 1. The van der Waals surface area contributed by atoms with E-state index in [2.05, 4.69) is 0 Å². The molecule has 0 aliphatic heterocycles. The second-order valence-corrected chi connectivity index (χ2v) is 5.28. The van der Waals surface area contributed by atoms with Crippen molar-refractivity contribution >= 4 is 5.91 Å². The van der Waals surface area contributed by atoms with E-state index in [1.807, 2.05) is 24.3 Å². The average molecular weight is 278 g/mol. The smallest absolute Gasteiger partial charge is 0.237 e. The van der Waals surface area contributed by atoms with E-state index in [4.69, 9.17) is 20.9 Å². The minimum atomic E-state index is -0.871. The van der Waals surface area contributed by atoms with Crippen molar-refractivity contribution in [3.8, 4) is 11.5 Å². The van der Waals surface area contributed by atoms with Crippen LogP contribution < -0.4 is 20.9 Å². The molecule has 1 saturated carbocycles. The highest BCUT2D eigenvalue weighted by Crippen LogP contribution is 2.36. The van der Waals surface area contributed by atoms with Crippen LogP contribution in [0.2, 0.25) is 0 Å². The van der Waals surface area contributed by atoms with Crippen LogP contribution in [-0.4, -0.2) is 25.2 Å². The standard InChI is InChI=1S/C15H22N2O3/c1-19-12-6-2-3-7-13(12)20-10-8-11-5-4-9-15(11,17)14(16)18/h2-3,6-7,11H,4-5,8-10,17H2,1H3,(H2,16,18). The molecule has 2 rings (SSSR count). The van der Waals surface area contributed by atoms with Crippen molar-refractivity contribution in [1.82, 2.24) is 0 Å². The first-order valence-corrected chi connectivity index (χ1v) is 6.92. The fourth-order valence-corrected chi connectivity index (χ4v) is 2.88. The van der Waals surface area contributed by atoms with Crippen LogP contribution in [0.5, 0.6) is 11.5 Å². The Morgan fingerprint density at radius 2 is 2.10 bits per heavy atom. The lowest BCUT2D eigenvalue weighted by Crippen LogP contribution is -2.54. The zero-order valence-corrected chi connectivity index (χ0v) is 11.8. The van der Waals surface area contributed by atoms with E-state index < -0.39 is 11.4 Å². The van der Waals surface area contributed by atoms with E-state index in [1.54, 1.807) is 7.11 Å². The highest BCUT2D eigenvalue weighted by atomic mass is 16.5. The number of benzene rings is 1. The van der Waals surface area contributed by atoms with Crippen LogP contribution in [0.4, 0.5) is 0 Å². The second-order valence-electron chi connectivity index (χ2n) is 5.28. The number of hydrogen-bond donors (Lipinski definition) is 2. The zero-order chi connectivity index (χ0) is 14.6. The Balaban J connectivity index is 1.91. The molecule has 110 valence electrons. The molecule has 0 bridgehead atoms. The first-order valence-electron chi connectivity index (χ1n) is 6.92. The number of carbonyl (C=O) groups excluding carboxylic acids is 1. The van der Waals surface area contributed by atoms with Crippen LogP contribution >= 0.6 is 0 Å². The Bertz CT molecular complexity index is 478. The molecule has 1 aromatic carbocycles. The number of amides is 1. The average Bonchev–Trinajstić information content (AvgIpc) is 2.82. The summed E-state index contributed by atoms with van der Waals surface area (Å²) in [6, 6.07) is 7.49. The van der Waals surface area contributed by atoms with Gasteiger partial charge in [-0.05, 0) is 37.3 Å². The van der Waals surface area contributed by atoms with Gasteiger partial charge in [0.25, 0.3) is 0 Å². The molecule has 0 radical (unpaired) electrons. The molecular formula is C15H22N2O3. The molecule has 0 heterocycles. The monoisotopic (exact) mass is 278 g/mol. The molecule has 5 nitrogen and oxygen atoms in total. The highest BCUT2D eigenvalue weighted by molar-refractivity contribution is 5.85. The summed E-state index contributed by atoms with van der Waals surface area (Å²) in [5, 5.41) is 0. The SMILES string of the molecule is COc1ccccc1OCCC1CCCC1(N)C(N)=O. The van der Waals surface area contributed by atoms with Gasteiger partial charge in [0.1, 0.15) is 0 Å². The normalized spacial score (nSPS) is 25.4. The van der Waals surface area contributed by atoms with Crippen molar-refractivity contribution in [2.24, 2.45) is 17.4 Å². The molecule has 0 aromatic heterocycles. The summed E-state index contributed by atoms with van der Waals surface area (Å²) in [4.78, 5) is 11.5. The van der Waals surface area contributed by atoms with Crippen molar-refractivity contribution in [3.63, 3.8) is 0 Å². The van der Waals surface area contributed by atoms with Crippen molar-refractivity contribution in [2.45, 2.75) is 31.2 Å². The maximum atomic E-state index is 11.5. The summed E-state index contributed by atoms with van der Waals surface area (Å²) in [7, 11) is 1.61. The zero-order valence-electron chi connectivity index (χ0n) is 11.8. The molecule has 1 aromatic rings. The predicted molar refractivity (Wildman–Crippen MR) is 76.6 cm³/mol. The maximum Gasteiger partial charge on any atom is 0.237 e. The summed E-state index contributed by atoms with van der Waals surface area (Å²) in [6.45, 7) is 0.497. The lowest BCUT2D eigenvalue weighted by Gasteiger charge is -2.28. The predicted octanol–water partition coefficient (Wildman–Crippen LogP) is 1.45.